The summed E-state index contributed by atoms with van der Waals surface area (Å²) in [5.41, 5.74) is 8.11. The monoisotopic (exact) mass is 166 g/mol. The van der Waals surface area contributed by atoms with Crippen LogP contribution in [0.4, 0.5) is 0 Å². The maximum absolute atomic E-state index is 11.5. The summed E-state index contributed by atoms with van der Waals surface area (Å²) in [5, 5.41) is 0. The Labute approximate surface area is 72.0 Å². The molecule has 0 radical (unpaired) electrons. The number of H-pyrrole nitrogens is 1. The van der Waals surface area contributed by atoms with Crippen molar-refractivity contribution in [1.29, 1.82) is 0 Å². The number of nitrogens with two attached hydrogens (primary N) is 1. The minimum Gasteiger partial charge on any atom is -0.364 e. The van der Waals surface area contributed by atoms with Crippen LogP contribution in [0.3, 0.4) is 0 Å². The third-order valence-corrected chi connectivity index (χ3v) is 1.93. The molecule has 0 saturated carbocycles. The van der Waals surface area contributed by atoms with Gasteiger partial charge in [-0.25, -0.2) is 0 Å². The Morgan fingerprint density at radius 3 is 2.50 bits per heavy atom. The van der Waals surface area contributed by atoms with Gasteiger partial charge in [0.15, 0.2) is 5.78 Å². The largest absolute Gasteiger partial charge is 0.364 e. The van der Waals surface area contributed by atoms with E-state index in [1.807, 2.05) is 20.0 Å². The maximum atomic E-state index is 11.5. The van der Waals surface area contributed by atoms with Crippen LogP contribution in [0, 0.1) is 13.8 Å². The second kappa shape index (κ2) is 3.11. The molecule has 1 atom stereocenters. The molecule has 3 N–H and O–H groups in total. The first kappa shape index (κ1) is 9.00. The molecule has 3 heteroatoms. The van der Waals surface area contributed by atoms with E-state index in [-0.39, 0.29) is 5.78 Å². The normalized spacial score (nSPS) is 13.0. The minimum atomic E-state index is -0.418. The van der Waals surface area contributed by atoms with E-state index < -0.39 is 6.04 Å². The summed E-state index contributed by atoms with van der Waals surface area (Å²) in [7, 11) is 0. The summed E-state index contributed by atoms with van der Waals surface area (Å²) in [6.45, 7) is 5.48. The summed E-state index contributed by atoms with van der Waals surface area (Å²) < 4.78 is 0. The molecule has 1 rings (SSSR count). The molecule has 66 valence electrons. The number of hydrogen-bond donors (Lipinski definition) is 2. The number of nitrogens with one attached hydrogen (secondary N) is 1. The number of rotatable bonds is 2. The van der Waals surface area contributed by atoms with Crippen LogP contribution in [0.2, 0.25) is 0 Å². The van der Waals surface area contributed by atoms with Crippen molar-refractivity contribution in [2.75, 3.05) is 0 Å². The minimum absolute atomic E-state index is 0.00579. The highest BCUT2D eigenvalue weighted by Crippen LogP contribution is 2.13. The summed E-state index contributed by atoms with van der Waals surface area (Å²) in [5.74, 6) is 0.00579. The zero-order valence-corrected chi connectivity index (χ0v) is 7.64. The number of aryl methyl sites for hydroxylation is 2. The van der Waals surface area contributed by atoms with Crippen LogP contribution in [0.5, 0.6) is 0 Å². The lowest BCUT2D eigenvalue weighted by Crippen LogP contribution is -2.27. The van der Waals surface area contributed by atoms with E-state index in [4.69, 9.17) is 5.73 Å². The SMILES string of the molecule is Cc1c[nH]c(C)c1C(=O)C(C)N. The van der Waals surface area contributed by atoms with Gasteiger partial charge in [-0.2, -0.15) is 0 Å². The van der Waals surface area contributed by atoms with E-state index in [9.17, 15) is 4.79 Å². The average Bonchev–Trinajstić information content (AvgIpc) is 2.30. The van der Waals surface area contributed by atoms with Crippen molar-refractivity contribution in [3.8, 4) is 0 Å². The Bertz CT molecular complexity index is 280. The second-order valence-corrected chi connectivity index (χ2v) is 3.12. The molecule has 1 aromatic heterocycles. The van der Waals surface area contributed by atoms with Crippen molar-refractivity contribution in [3.63, 3.8) is 0 Å². The van der Waals surface area contributed by atoms with Crippen molar-refractivity contribution in [2.24, 2.45) is 5.73 Å². The Kier molecular flexibility index (Phi) is 2.33. The van der Waals surface area contributed by atoms with Crippen molar-refractivity contribution >= 4 is 5.78 Å². The number of aromatic amines is 1. The Hall–Kier alpha value is -1.09. The third-order valence-electron chi connectivity index (χ3n) is 1.93. The van der Waals surface area contributed by atoms with Gasteiger partial charge in [-0.05, 0) is 26.3 Å². The molecule has 0 amide bonds. The fourth-order valence-electron chi connectivity index (χ4n) is 1.26. The molecule has 0 aliphatic heterocycles. The number of aromatic nitrogens is 1. The third kappa shape index (κ3) is 1.41. The van der Waals surface area contributed by atoms with Crippen LogP contribution >= 0.6 is 0 Å². The number of carbonyl (C=O) groups excluding carboxylic acids is 1. The fourth-order valence-corrected chi connectivity index (χ4v) is 1.26. The molecular weight excluding hydrogens is 152 g/mol. The molecule has 0 spiro atoms. The summed E-state index contributed by atoms with van der Waals surface area (Å²) in [6.07, 6.45) is 1.82. The smallest absolute Gasteiger partial charge is 0.181 e. The van der Waals surface area contributed by atoms with Crippen LogP contribution in [0.1, 0.15) is 28.5 Å². The standard InChI is InChI=1S/C9H14N2O/c1-5-4-11-7(3)8(5)9(12)6(2)10/h4,6,11H,10H2,1-3H3. The van der Waals surface area contributed by atoms with Gasteiger partial charge in [0.2, 0.25) is 0 Å². The van der Waals surface area contributed by atoms with Gasteiger partial charge in [0, 0.05) is 17.5 Å². The van der Waals surface area contributed by atoms with Gasteiger partial charge in [-0.1, -0.05) is 0 Å². The van der Waals surface area contributed by atoms with Crippen molar-refractivity contribution in [3.05, 3.63) is 23.0 Å². The lowest BCUT2D eigenvalue weighted by molar-refractivity contribution is 0.0967. The van der Waals surface area contributed by atoms with Crippen LogP contribution in [-0.2, 0) is 0 Å². The van der Waals surface area contributed by atoms with E-state index in [2.05, 4.69) is 4.98 Å². The quantitative estimate of drug-likeness (QED) is 0.648. The molecular formula is C9H14N2O. The van der Waals surface area contributed by atoms with Gasteiger partial charge in [-0.3, -0.25) is 4.79 Å². The summed E-state index contributed by atoms with van der Waals surface area (Å²) in [4.78, 5) is 14.5. The number of carbonyl (C=O) groups is 1. The Balaban J connectivity index is 3.09. The van der Waals surface area contributed by atoms with Gasteiger partial charge < -0.3 is 10.7 Å². The summed E-state index contributed by atoms with van der Waals surface area (Å²) >= 11 is 0. The van der Waals surface area contributed by atoms with E-state index in [0.29, 0.717) is 0 Å². The van der Waals surface area contributed by atoms with Crippen LogP contribution in [-0.4, -0.2) is 16.8 Å². The molecule has 0 aromatic carbocycles. The molecule has 0 bridgehead atoms. The van der Waals surface area contributed by atoms with Crippen molar-refractivity contribution in [2.45, 2.75) is 26.8 Å². The fraction of sp³-hybridized carbons (Fsp3) is 0.444. The molecule has 0 aliphatic carbocycles. The van der Waals surface area contributed by atoms with Crippen LogP contribution in [0.25, 0.3) is 0 Å². The number of hydrogen-bond acceptors (Lipinski definition) is 2. The second-order valence-electron chi connectivity index (χ2n) is 3.12. The predicted molar refractivity (Wildman–Crippen MR) is 48.2 cm³/mol. The molecule has 1 unspecified atom stereocenters. The van der Waals surface area contributed by atoms with E-state index >= 15 is 0 Å². The average molecular weight is 166 g/mol. The van der Waals surface area contributed by atoms with Crippen LogP contribution in [0.15, 0.2) is 6.20 Å². The van der Waals surface area contributed by atoms with Crippen molar-refractivity contribution in [1.82, 2.24) is 4.98 Å². The molecule has 0 saturated heterocycles. The highest BCUT2D eigenvalue weighted by molar-refractivity contribution is 6.01. The van der Waals surface area contributed by atoms with Gasteiger partial charge in [0.05, 0.1) is 6.04 Å². The van der Waals surface area contributed by atoms with Gasteiger partial charge in [0.1, 0.15) is 0 Å². The predicted octanol–water partition coefficient (Wildman–Crippen LogP) is 1.16. The molecule has 0 aliphatic rings. The summed E-state index contributed by atoms with van der Waals surface area (Å²) in [6, 6.07) is -0.418. The van der Waals surface area contributed by atoms with E-state index in [1.165, 1.54) is 0 Å². The van der Waals surface area contributed by atoms with E-state index in [1.54, 1.807) is 6.92 Å². The lowest BCUT2D eigenvalue weighted by Gasteiger charge is -2.04. The van der Waals surface area contributed by atoms with Gasteiger partial charge in [0.25, 0.3) is 0 Å². The van der Waals surface area contributed by atoms with Crippen LogP contribution < -0.4 is 5.73 Å². The first-order valence-electron chi connectivity index (χ1n) is 3.98. The first-order valence-corrected chi connectivity index (χ1v) is 3.98. The molecule has 3 nitrogen and oxygen atoms in total. The Morgan fingerprint density at radius 1 is 1.58 bits per heavy atom. The van der Waals surface area contributed by atoms with Gasteiger partial charge >= 0.3 is 0 Å². The van der Waals surface area contributed by atoms with E-state index in [0.717, 1.165) is 16.8 Å². The number of ketones is 1. The Morgan fingerprint density at radius 2 is 2.17 bits per heavy atom. The molecule has 12 heavy (non-hydrogen) atoms. The van der Waals surface area contributed by atoms with Crippen molar-refractivity contribution < 1.29 is 4.79 Å². The highest BCUT2D eigenvalue weighted by Gasteiger charge is 2.16. The maximum Gasteiger partial charge on any atom is 0.181 e. The van der Waals surface area contributed by atoms with Gasteiger partial charge in [-0.15, -0.1) is 0 Å². The first-order chi connectivity index (χ1) is 5.54. The molecule has 0 fully saturated rings. The highest BCUT2D eigenvalue weighted by atomic mass is 16.1. The topological polar surface area (TPSA) is 58.9 Å². The molecule has 1 aromatic rings. The number of Topliss-reactive ketones (excluding diaryl/α,β-unsaturated/α-hetero) is 1. The molecule has 1 heterocycles. The lowest BCUT2D eigenvalue weighted by atomic mass is 10.0. The zero-order chi connectivity index (χ0) is 9.30. The zero-order valence-electron chi connectivity index (χ0n) is 7.64.